The van der Waals surface area contributed by atoms with Crippen molar-refractivity contribution in [3.8, 4) is 0 Å². The molecule has 1 aromatic heterocycles. The van der Waals surface area contributed by atoms with Gasteiger partial charge in [-0.15, -0.1) is 0 Å². The van der Waals surface area contributed by atoms with Gasteiger partial charge in [-0.05, 0) is 43.9 Å². The smallest absolute Gasteiger partial charge is 0.115 e. The number of hydrogen-bond donors (Lipinski definition) is 1. The van der Waals surface area contributed by atoms with Crippen molar-refractivity contribution in [1.29, 1.82) is 0 Å². The molecule has 0 amide bonds. The Morgan fingerprint density at radius 3 is 2.55 bits per heavy atom. The van der Waals surface area contributed by atoms with E-state index in [9.17, 15) is 5.11 Å². The molecule has 0 bridgehead atoms. The number of nitrogens with zero attached hydrogens (tertiary/aromatic N) is 2. The molecule has 1 heterocycles. The van der Waals surface area contributed by atoms with E-state index in [0.717, 1.165) is 16.8 Å². The molecule has 2 rings (SSSR count). The second-order valence-electron chi connectivity index (χ2n) is 5.75. The monoisotopic (exact) mass is 272 g/mol. The average Bonchev–Trinajstić information content (AvgIpc) is 2.77. The molecule has 3 heteroatoms. The Labute approximate surface area is 121 Å². The van der Waals surface area contributed by atoms with Crippen molar-refractivity contribution in [3.05, 3.63) is 47.5 Å². The topological polar surface area (TPSA) is 38.0 Å². The van der Waals surface area contributed by atoms with Gasteiger partial charge < -0.3 is 5.11 Å². The summed E-state index contributed by atoms with van der Waals surface area (Å²) in [5, 5.41) is 14.3. The number of hydrogen-bond acceptors (Lipinski definition) is 2. The van der Waals surface area contributed by atoms with Crippen LogP contribution in [-0.4, -0.2) is 14.9 Å². The average molecular weight is 272 g/mol. The Hall–Kier alpha value is -1.77. The van der Waals surface area contributed by atoms with Crippen molar-refractivity contribution in [2.24, 2.45) is 0 Å². The molecule has 1 saturated carbocycles. The Morgan fingerprint density at radius 1 is 1.35 bits per heavy atom. The predicted octanol–water partition coefficient (Wildman–Crippen LogP) is 4.73. The Kier molecular flexibility index (Phi) is 4.48. The van der Waals surface area contributed by atoms with E-state index in [1.54, 1.807) is 0 Å². The van der Waals surface area contributed by atoms with Crippen LogP contribution in [0.2, 0.25) is 0 Å². The zero-order valence-corrected chi connectivity index (χ0v) is 12.5. The lowest BCUT2D eigenvalue weighted by atomic mass is 9.96. The van der Waals surface area contributed by atoms with Crippen LogP contribution < -0.4 is 0 Å². The summed E-state index contributed by atoms with van der Waals surface area (Å²) < 4.78 is 2.09. The molecule has 1 fully saturated rings. The molecule has 0 atom stereocenters. The summed E-state index contributed by atoms with van der Waals surface area (Å²) in [5.41, 5.74) is 3.48. The van der Waals surface area contributed by atoms with E-state index in [1.165, 1.54) is 32.1 Å². The van der Waals surface area contributed by atoms with Crippen LogP contribution in [0.3, 0.4) is 0 Å². The van der Waals surface area contributed by atoms with E-state index in [4.69, 9.17) is 0 Å². The first kappa shape index (κ1) is 14.6. The van der Waals surface area contributed by atoms with Crippen LogP contribution in [0.5, 0.6) is 0 Å². The number of aryl methyl sites for hydroxylation is 1. The first-order valence-corrected chi connectivity index (χ1v) is 7.30. The molecule has 0 radical (unpaired) electrons. The van der Waals surface area contributed by atoms with E-state index < -0.39 is 0 Å². The van der Waals surface area contributed by atoms with Crippen molar-refractivity contribution in [2.45, 2.75) is 52.0 Å². The maximum Gasteiger partial charge on any atom is 0.115 e. The Balaban J connectivity index is 2.29. The largest absolute Gasteiger partial charge is 0.508 e. The van der Waals surface area contributed by atoms with Crippen LogP contribution in [0.1, 0.15) is 56.3 Å². The lowest BCUT2D eigenvalue weighted by Gasteiger charge is -2.21. The maximum absolute atomic E-state index is 9.63. The van der Waals surface area contributed by atoms with Crippen molar-refractivity contribution in [1.82, 2.24) is 9.78 Å². The molecule has 0 spiro atoms. The predicted molar refractivity (Wildman–Crippen MR) is 83.6 cm³/mol. The summed E-state index contributed by atoms with van der Waals surface area (Å²) in [7, 11) is 0. The van der Waals surface area contributed by atoms with E-state index in [0.29, 0.717) is 11.6 Å². The molecule has 1 N–H and O–H groups in total. The van der Waals surface area contributed by atoms with Crippen molar-refractivity contribution in [3.63, 3.8) is 0 Å². The Morgan fingerprint density at radius 2 is 2.00 bits per heavy atom. The summed E-state index contributed by atoms with van der Waals surface area (Å²) in [5.74, 6) is 0.0455. The highest BCUT2D eigenvalue weighted by Crippen LogP contribution is 2.29. The van der Waals surface area contributed by atoms with Crippen LogP contribution in [0.25, 0.3) is 6.08 Å². The quantitative estimate of drug-likeness (QED) is 0.635. The third-order valence-electron chi connectivity index (χ3n) is 3.95. The van der Waals surface area contributed by atoms with E-state index >= 15 is 0 Å². The molecule has 20 heavy (non-hydrogen) atoms. The van der Waals surface area contributed by atoms with Gasteiger partial charge in [0.1, 0.15) is 5.76 Å². The van der Waals surface area contributed by atoms with Crippen LogP contribution in [-0.2, 0) is 0 Å². The van der Waals surface area contributed by atoms with Crippen molar-refractivity contribution in [2.75, 3.05) is 0 Å². The van der Waals surface area contributed by atoms with Gasteiger partial charge >= 0.3 is 0 Å². The van der Waals surface area contributed by atoms with Gasteiger partial charge in [0.25, 0.3) is 0 Å². The fourth-order valence-electron chi connectivity index (χ4n) is 2.76. The second kappa shape index (κ2) is 6.12. The summed E-state index contributed by atoms with van der Waals surface area (Å²) in [6.07, 6.45) is 10.3. The first-order valence-electron chi connectivity index (χ1n) is 7.30. The third-order valence-corrected chi connectivity index (χ3v) is 3.95. The van der Waals surface area contributed by atoms with Crippen LogP contribution in [0.15, 0.2) is 36.3 Å². The minimum atomic E-state index is 0.0455. The SMILES string of the molecule is C=C(C)/C(=C\c1nn(C2CCCCC2)cc1C)C(=C)O. The van der Waals surface area contributed by atoms with Gasteiger partial charge in [-0.2, -0.15) is 5.10 Å². The Bertz CT molecular complexity index is 529. The molecular weight excluding hydrogens is 248 g/mol. The molecule has 0 aromatic carbocycles. The fourth-order valence-corrected chi connectivity index (χ4v) is 2.76. The number of aromatic nitrogens is 2. The summed E-state index contributed by atoms with van der Waals surface area (Å²) in [6.45, 7) is 11.4. The molecular formula is C17H24N2O. The van der Waals surface area contributed by atoms with Crippen LogP contribution in [0, 0.1) is 6.92 Å². The number of allylic oxidation sites excluding steroid dienone is 1. The maximum atomic E-state index is 9.63. The lowest BCUT2D eigenvalue weighted by molar-refractivity contribution is 0.329. The first-order chi connectivity index (χ1) is 9.49. The van der Waals surface area contributed by atoms with Gasteiger partial charge in [-0.25, -0.2) is 0 Å². The summed E-state index contributed by atoms with van der Waals surface area (Å²) in [4.78, 5) is 0. The van der Waals surface area contributed by atoms with Crippen LogP contribution >= 0.6 is 0 Å². The molecule has 0 saturated heterocycles. The summed E-state index contributed by atoms with van der Waals surface area (Å²) >= 11 is 0. The van der Waals surface area contributed by atoms with Gasteiger partial charge in [0.2, 0.25) is 0 Å². The van der Waals surface area contributed by atoms with Crippen molar-refractivity contribution < 1.29 is 5.11 Å². The number of rotatable bonds is 4. The van der Waals surface area contributed by atoms with Gasteiger partial charge in [-0.1, -0.05) is 32.4 Å². The molecule has 0 aliphatic heterocycles. The minimum absolute atomic E-state index is 0.0455. The number of aliphatic hydroxyl groups excluding tert-OH is 1. The van der Waals surface area contributed by atoms with Crippen molar-refractivity contribution >= 4 is 6.08 Å². The minimum Gasteiger partial charge on any atom is -0.508 e. The highest BCUT2D eigenvalue weighted by atomic mass is 16.3. The zero-order chi connectivity index (χ0) is 14.7. The molecule has 0 unspecified atom stereocenters. The van der Waals surface area contributed by atoms with E-state index in [2.05, 4.69) is 29.1 Å². The highest BCUT2D eigenvalue weighted by molar-refractivity contribution is 5.62. The van der Waals surface area contributed by atoms with E-state index in [1.807, 2.05) is 19.9 Å². The number of aliphatic hydroxyl groups is 1. The zero-order valence-electron chi connectivity index (χ0n) is 12.5. The van der Waals surface area contributed by atoms with Gasteiger partial charge in [0.15, 0.2) is 0 Å². The standard InChI is InChI=1S/C17H24N2O/c1-12(2)16(14(4)20)10-17-13(3)11-19(18-17)15-8-6-5-7-9-15/h10-11,15,20H,1,4-9H2,2-3H3/b16-10+. The molecule has 1 aliphatic rings. The van der Waals surface area contributed by atoms with Crippen LogP contribution in [0.4, 0.5) is 0 Å². The molecule has 108 valence electrons. The molecule has 1 aliphatic carbocycles. The molecule has 1 aromatic rings. The highest BCUT2D eigenvalue weighted by Gasteiger charge is 2.17. The lowest BCUT2D eigenvalue weighted by Crippen LogP contribution is -2.13. The van der Waals surface area contributed by atoms with Gasteiger partial charge in [0, 0.05) is 11.8 Å². The molecule has 3 nitrogen and oxygen atoms in total. The van der Waals surface area contributed by atoms with Gasteiger partial charge in [-0.3, -0.25) is 4.68 Å². The second-order valence-corrected chi connectivity index (χ2v) is 5.75. The third kappa shape index (κ3) is 3.21. The van der Waals surface area contributed by atoms with E-state index in [-0.39, 0.29) is 5.76 Å². The van der Waals surface area contributed by atoms with Gasteiger partial charge in [0.05, 0.1) is 11.7 Å². The normalized spacial score (nSPS) is 17.2. The summed E-state index contributed by atoms with van der Waals surface area (Å²) in [6, 6.07) is 0.523. The fraction of sp³-hybridized carbons (Fsp3) is 0.471.